The molecule has 0 spiro atoms. The molecule has 34 heavy (non-hydrogen) atoms. The van der Waals surface area contributed by atoms with E-state index in [1.807, 2.05) is 6.07 Å². The summed E-state index contributed by atoms with van der Waals surface area (Å²) in [5.74, 6) is 0.299. The van der Waals surface area contributed by atoms with Crippen LogP contribution in [0.5, 0.6) is 11.5 Å². The van der Waals surface area contributed by atoms with Crippen LogP contribution in [0.3, 0.4) is 0 Å². The first-order valence-corrected chi connectivity index (χ1v) is 11.8. The molecule has 2 aromatic carbocycles. The van der Waals surface area contributed by atoms with Crippen molar-refractivity contribution >= 4 is 32.6 Å². The molecular weight excluding hydrogens is 481 g/mol. The Labute approximate surface area is 198 Å². The van der Waals surface area contributed by atoms with Crippen molar-refractivity contribution in [2.45, 2.75) is 4.90 Å². The van der Waals surface area contributed by atoms with Crippen molar-refractivity contribution in [1.82, 2.24) is 19.3 Å². The third kappa shape index (κ3) is 4.92. The van der Waals surface area contributed by atoms with Crippen molar-refractivity contribution in [3.05, 3.63) is 66.4 Å². The molecule has 0 atom stereocenters. The van der Waals surface area contributed by atoms with E-state index in [9.17, 15) is 18.1 Å². The third-order valence-electron chi connectivity index (χ3n) is 4.44. The molecule has 172 valence electrons. The number of benzene rings is 2. The quantitative estimate of drug-likeness (QED) is 0.406. The van der Waals surface area contributed by atoms with Gasteiger partial charge in [-0.1, -0.05) is 0 Å². The molecule has 0 bridgehead atoms. The Balaban J connectivity index is 1.71. The van der Waals surface area contributed by atoms with E-state index in [0.29, 0.717) is 17.2 Å². The van der Waals surface area contributed by atoms with Gasteiger partial charge in [-0.3, -0.25) is 4.72 Å². The number of rotatable bonds is 7. The molecule has 0 unspecified atom stereocenters. The van der Waals surface area contributed by atoms with Crippen LogP contribution in [0.25, 0.3) is 11.3 Å². The highest BCUT2D eigenvalue weighted by Gasteiger charge is 2.20. The fourth-order valence-corrected chi connectivity index (χ4v) is 4.52. The normalized spacial score (nSPS) is 11.0. The van der Waals surface area contributed by atoms with Gasteiger partial charge in [-0.2, -0.15) is 9.64 Å². The van der Waals surface area contributed by atoms with E-state index in [-0.39, 0.29) is 27.1 Å². The van der Waals surface area contributed by atoms with Crippen LogP contribution < -0.4 is 14.4 Å². The van der Waals surface area contributed by atoms with Crippen molar-refractivity contribution < 1.29 is 17.5 Å². The molecule has 4 rings (SSSR count). The Morgan fingerprint density at radius 3 is 2.53 bits per heavy atom. The molecule has 10 nitrogen and oxygen atoms in total. The summed E-state index contributed by atoms with van der Waals surface area (Å²) in [6, 6.07) is 11.5. The number of hydrogen-bond acceptors (Lipinski definition) is 10. The molecule has 0 aliphatic rings. The zero-order valence-corrected chi connectivity index (χ0v) is 19.4. The Morgan fingerprint density at radius 2 is 1.88 bits per heavy atom. The summed E-state index contributed by atoms with van der Waals surface area (Å²) in [5, 5.41) is 9.73. The third-order valence-corrected chi connectivity index (χ3v) is 6.49. The van der Waals surface area contributed by atoms with Crippen LogP contribution in [-0.2, 0) is 10.0 Å². The fraction of sp³-hybridized carbons (Fsp3) is 0.0952. The van der Waals surface area contributed by atoms with Crippen molar-refractivity contribution in [3.63, 3.8) is 0 Å². The summed E-state index contributed by atoms with van der Waals surface area (Å²) in [6.45, 7) is 0. The van der Waals surface area contributed by atoms with Gasteiger partial charge in [0, 0.05) is 31.2 Å². The lowest BCUT2D eigenvalue weighted by Crippen LogP contribution is -2.13. The Bertz CT molecular complexity index is 1470. The van der Waals surface area contributed by atoms with E-state index in [1.54, 1.807) is 31.1 Å². The molecule has 0 saturated heterocycles. The van der Waals surface area contributed by atoms with Crippen LogP contribution in [0.15, 0.2) is 59.9 Å². The molecule has 2 heterocycles. The van der Waals surface area contributed by atoms with E-state index in [4.69, 9.17) is 4.74 Å². The summed E-state index contributed by atoms with van der Waals surface area (Å²) in [5.41, 5.74) is 0.917. The van der Waals surface area contributed by atoms with Gasteiger partial charge < -0.3 is 9.64 Å². The predicted molar refractivity (Wildman–Crippen MR) is 124 cm³/mol. The average molecular weight is 498 g/mol. The molecule has 0 aliphatic carbocycles. The summed E-state index contributed by atoms with van der Waals surface area (Å²) >= 11 is 0.881. The lowest BCUT2D eigenvalue weighted by Gasteiger charge is -2.16. The molecule has 0 amide bonds. The molecule has 13 heteroatoms. The summed E-state index contributed by atoms with van der Waals surface area (Å²) in [6.07, 6.45) is 2.66. The minimum Gasteiger partial charge on any atom is -0.452 e. The lowest BCUT2D eigenvalue weighted by molar-refractivity contribution is 0.477. The number of hydrogen-bond donors (Lipinski definition) is 1. The number of sulfonamides is 1. The Kier molecular flexibility index (Phi) is 6.35. The number of anilines is 2. The molecule has 0 radical (unpaired) electrons. The maximum absolute atomic E-state index is 13.4. The number of ether oxygens (including phenoxy) is 1. The Morgan fingerprint density at radius 1 is 1.12 bits per heavy atom. The number of nitrogens with zero attached hydrogens (tertiary/aromatic N) is 6. The second kappa shape index (κ2) is 9.38. The van der Waals surface area contributed by atoms with Crippen LogP contribution in [-0.4, -0.2) is 41.8 Å². The average Bonchev–Trinajstić information content (AvgIpc) is 3.32. The molecule has 0 saturated carbocycles. The summed E-state index contributed by atoms with van der Waals surface area (Å²) in [7, 11) is -0.449. The van der Waals surface area contributed by atoms with Gasteiger partial charge in [-0.25, -0.2) is 27.8 Å². The summed E-state index contributed by atoms with van der Waals surface area (Å²) in [4.78, 5) is 14.1. The Hall–Kier alpha value is -4.15. The van der Waals surface area contributed by atoms with Gasteiger partial charge in [0.15, 0.2) is 5.75 Å². The maximum atomic E-state index is 13.4. The molecule has 0 fully saturated rings. The monoisotopic (exact) mass is 497 g/mol. The molecule has 2 aromatic heterocycles. The van der Waals surface area contributed by atoms with Gasteiger partial charge in [-0.05, 0) is 42.5 Å². The summed E-state index contributed by atoms with van der Waals surface area (Å²) < 4.78 is 50.7. The zero-order chi connectivity index (χ0) is 24.3. The van der Waals surface area contributed by atoms with Crippen LogP contribution in [0.4, 0.5) is 15.5 Å². The van der Waals surface area contributed by atoms with Crippen LogP contribution in [0.2, 0.25) is 0 Å². The lowest BCUT2D eigenvalue weighted by atomic mass is 10.1. The second-order valence-corrected chi connectivity index (χ2v) is 9.47. The maximum Gasteiger partial charge on any atom is 0.263 e. The van der Waals surface area contributed by atoms with Gasteiger partial charge in [0.25, 0.3) is 10.0 Å². The largest absolute Gasteiger partial charge is 0.452 e. The van der Waals surface area contributed by atoms with E-state index in [1.165, 1.54) is 42.9 Å². The standard InChI is InChI=1S/C21H16FN7O3S2/c1-29(2)20-24-11-18(19(27-20)13-3-5-15(22)6-4-13)32-17-8-7-16(9-14(17)10-23)34(30,31)28-21-25-12-26-33-21/h3-9,11-12H,1-2H3,(H,25,26,28). The van der Waals surface area contributed by atoms with E-state index in [0.717, 1.165) is 11.5 Å². The number of nitrogens with one attached hydrogen (secondary N) is 1. The number of halogens is 1. The SMILES string of the molecule is CN(C)c1ncc(Oc2ccc(S(=O)(=O)Nc3ncns3)cc2C#N)c(-c2ccc(F)cc2)n1. The minimum absolute atomic E-state index is 0.0260. The van der Waals surface area contributed by atoms with E-state index < -0.39 is 15.8 Å². The first-order valence-electron chi connectivity index (χ1n) is 9.58. The van der Waals surface area contributed by atoms with Gasteiger partial charge in [0.05, 0.1) is 16.7 Å². The second-order valence-electron chi connectivity index (χ2n) is 7.01. The van der Waals surface area contributed by atoms with E-state index in [2.05, 4.69) is 24.0 Å². The predicted octanol–water partition coefficient (Wildman–Crippen LogP) is 3.66. The fourth-order valence-electron chi connectivity index (χ4n) is 2.83. The van der Waals surface area contributed by atoms with Gasteiger partial charge in [0.1, 0.15) is 29.7 Å². The molecule has 4 aromatic rings. The molecular formula is C21H16FN7O3S2. The topological polar surface area (TPSA) is 134 Å². The zero-order valence-electron chi connectivity index (χ0n) is 17.8. The van der Waals surface area contributed by atoms with Crippen LogP contribution in [0.1, 0.15) is 5.56 Å². The highest BCUT2D eigenvalue weighted by atomic mass is 32.2. The van der Waals surface area contributed by atoms with Crippen molar-refractivity contribution in [3.8, 4) is 28.8 Å². The van der Waals surface area contributed by atoms with Gasteiger partial charge >= 0.3 is 0 Å². The minimum atomic E-state index is -3.99. The van der Waals surface area contributed by atoms with E-state index >= 15 is 0 Å². The van der Waals surface area contributed by atoms with Crippen LogP contribution >= 0.6 is 11.5 Å². The highest BCUT2D eigenvalue weighted by molar-refractivity contribution is 7.93. The van der Waals surface area contributed by atoms with Gasteiger partial charge in [0.2, 0.25) is 11.1 Å². The van der Waals surface area contributed by atoms with Crippen molar-refractivity contribution in [2.75, 3.05) is 23.7 Å². The molecule has 1 N–H and O–H groups in total. The smallest absolute Gasteiger partial charge is 0.263 e. The van der Waals surface area contributed by atoms with Gasteiger partial charge in [-0.15, -0.1) is 0 Å². The number of nitriles is 1. The van der Waals surface area contributed by atoms with Crippen molar-refractivity contribution in [2.24, 2.45) is 0 Å². The first-order chi connectivity index (χ1) is 16.3. The highest BCUT2D eigenvalue weighted by Crippen LogP contribution is 2.34. The molecule has 0 aliphatic heterocycles. The van der Waals surface area contributed by atoms with Crippen LogP contribution in [0, 0.1) is 17.1 Å². The first kappa shape index (κ1) is 23.0. The number of aromatic nitrogens is 4. The van der Waals surface area contributed by atoms with Crippen molar-refractivity contribution in [1.29, 1.82) is 5.26 Å².